The van der Waals surface area contributed by atoms with Crippen molar-refractivity contribution in [3.05, 3.63) is 47.0 Å². The molecule has 8 heteroatoms. The molecule has 130 valence electrons. The van der Waals surface area contributed by atoms with Crippen molar-refractivity contribution in [2.45, 2.75) is 32.4 Å². The monoisotopic (exact) mass is 340 g/mol. The number of hydrogen-bond donors (Lipinski definition) is 1. The zero-order valence-electron chi connectivity index (χ0n) is 14.4. The second-order valence-corrected chi connectivity index (χ2v) is 6.32. The standard InChI is InChI=1S/C17H20N6O2/c1-10-15(11(2)22(3)21-10)16-13(6-8-25-16)20-17(24)12-9-19-23-14(12)5-4-7-18-23/h4-5,7,9,13,16H,6,8H2,1-3H3,(H,20,24)/t13-,16-/m0/s1. The Balaban J connectivity index is 1.60. The van der Waals surface area contributed by atoms with Gasteiger partial charge in [-0.05, 0) is 32.4 Å². The maximum atomic E-state index is 12.8. The fraction of sp³-hybridized carbons (Fsp3) is 0.412. The first kappa shape index (κ1) is 15.8. The van der Waals surface area contributed by atoms with E-state index in [0.29, 0.717) is 17.7 Å². The summed E-state index contributed by atoms with van der Waals surface area (Å²) >= 11 is 0. The molecule has 8 nitrogen and oxygen atoms in total. The molecule has 1 saturated heterocycles. The Morgan fingerprint density at radius 3 is 2.96 bits per heavy atom. The van der Waals surface area contributed by atoms with Gasteiger partial charge in [-0.1, -0.05) is 0 Å². The molecule has 4 heterocycles. The van der Waals surface area contributed by atoms with Crippen LogP contribution in [0.15, 0.2) is 24.5 Å². The van der Waals surface area contributed by atoms with Gasteiger partial charge in [-0.15, -0.1) is 0 Å². The molecule has 4 rings (SSSR count). The largest absolute Gasteiger partial charge is 0.371 e. The fourth-order valence-corrected chi connectivity index (χ4v) is 3.48. The second kappa shape index (κ2) is 5.96. The van der Waals surface area contributed by atoms with Crippen molar-refractivity contribution in [3.63, 3.8) is 0 Å². The lowest BCUT2D eigenvalue weighted by molar-refractivity contribution is 0.0818. The fourth-order valence-electron chi connectivity index (χ4n) is 3.48. The van der Waals surface area contributed by atoms with Gasteiger partial charge in [-0.2, -0.15) is 19.9 Å². The van der Waals surface area contributed by atoms with E-state index < -0.39 is 0 Å². The van der Waals surface area contributed by atoms with Crippen molar-refractivity contribution in [1.29, 1.82) is 0 Å². The number of fused-ring (bicyclic) bond motifs is 1. The topological polar surface area (TPSA) is 86.3 Å². The Morgan fingerprint density at radius 1 is 1.36 bits per heavy atom. The average Bonchev–Trinajstić information content (AvgIpc) is 3.27. The highest BCUT2D eigenvalue weighted by Crippen LogP contribution is 2.33. The van der Waals surface area contributed by atoms with Gasteiger partial charge < -0.3 is 10.1 Å². The minimum Gasteiger partial charge on any atom is -0.371 e. The Labute approximate surface area is 144 Å². The van der Waals surface area contributed by atoms with Gasteiger partial charge in [0.05, 0.1) is 23.5 Å². The molecule has 3 aromatic rings. The molecule has 3 aromatic heterocycles. The van der Waals surface area contributed by atoms with Gasteiger partial charge in [0.25, 0.3) is 5.91 Å². The van der Waals surface area contributed by atoms with Crippen LogP contribution in [0.3, 0.4) is 0 Å². The van der Waals surface area contributed by atoms with Crippen LogP contribution in [-0.4, -0.2) is 43.2 Å². The smallest absolute Gasteiger partial charge is 0.255 e. The summed E-state index contributed by atoms with van der Waals surface area (Å²) in [5, 5.41) is 15.8. The average molecular weight is 340 g/mol. The van der Waals surface area contributed by atoms with Gasteiger partial charge in [0.15, 0.2) is 0 Å². The summed E-state index contributed by atoms with van der Waals surface area (Å²) in [6.45, 7) is 4.60. The Morgan fingerprint density at radius 2 is 2.20 bits per heavy atom. The Kier molecular flexibility index (Phi) is 3.76. The molecule has 0 bridgehead atoms. The summed E-state index contributed by atoms with van der Waals surface area (Å²) in [4.78, 5) is 12.8. The van der Waals surface area contributed by atoms with Crippen LogP contribution in [0.2, 0.25) is 0 Å². The molecule has 0 aliphatic carbocycles. The third-order valence-electron chi connectivity index (χ3n) is 4.81. The molecule has 1 aliphatic heterocycles. The highest BCUT2D eigenvalue weighted by Gasteiger charge is 2.35. The third kappa shape index (κ3) is 2.58. The summed E-state index contributed by atoms with van der Waals surface area (Å²) in [5.41, 5.74) is 4.25. The SMILES string of the molecule is Cc1nn(C)c(C)c1[C@H]1OCC[C@@H]1NC(=O)c1cnn2ncccc12. The van der Waals surface area contributed by atoms with Crippen LogP contribution in [0.1, 0.15) is 39.8 Å². The van der Waals surface area contributed by atoms with Gasteiger partial charge in [0.1, 0.15) is 11.6 Å². The van der Waals surface area contributed by atoms with Crippen molar-refractivity contribution in [2.24, 2.45) is 7.05 Å². The summed E-state index contributed by atoms with van der Waals surface area (Å²) < 4.78 is 9.23. The van der Waals surface area contributed by atoms with Gasteiger partial charge >= 0.3 is 0 Å². The molecular weight excluding hydrogens is 320 g/mol. The van der Waals surface area contributed by atoms with Crippen LogP contribution in [-0.2, 0) is 11.8 Å². The molecular formula is C17H20N6O2. The van der Waals surface area contributed by atoms with Gasteiger partial charge in [-0.25, -0.2) is 0 Å². The van der Waals surface area contributed by atoms with E-state index in [0.717, 1.165) is 23.4 Å². The van der Waals surface area contributed by atoms with Crippen LogP contribution in [0.25, 0.3) is 5.52 Å². The molecule has 0 radical (unpaired) electrons. The maximum Gasteiger partial charge on any atom is 0.255 e. The predicted molar refractivity (Wildman–Crippen MR) is 90.2 cm³/mol. The summed E-state index contributed by atoms with van der Waals surface area (Å²) in [6.07, 6.45) is 3.76. The van der Waals surface area contributed by atoms with Crippen LogP contribution in [0.4, 0.5) is 0 Å². The molecule has 1 N–H and O–H groups in total. The molecule has 1 fully saturated rings. The van der Waals surface area contributed by atoms with Crippen LogP contribution >= 0.6 is 0 Å². The first-order valence-corrected chi connectivity index (χ1v) is 8.28. The van der Waals surface area contributed by atoms with Crippen molar-refractivity contribution >= 4 is 11.4 Å². The highest BCUT2D eigenvalue weighted by molar-refractivity contribution is 6.00. The number of rotatable bonds is 3. The number of hydrogen-bond acceptors (Lipinski definition) is 5. The first-order chi connectivity index (χ1) is 12.1. The zero-order valence-corrected chi connectivity index (χ0v) is 14.4. The number of aromatic nitrogens is 5. The van der Waals surface area contributed by atoms with Crippen LogP contribution in [0, 0.1) is 13.8 Å². The second-order valence-electron chi connectivity index (χ2n) is 6.32. The van der Waals surface area contributed by atoms with E-state index in [9.17, 15) is 4.79 Å². The van der Waals surface area contributed by atoms with Crippen LogP contribution < -0.4 is 5.32 Å². The highest BCUT2D eigenvalue weighted by atomic mass is 16.5. The number of aryl methyl sites for hydroxylation is 2. The number of ether oxygens (including phenoxy) is 1. The van der Waals surface area contributed by atoms with Crippen LogP contribution in [0.5, 0.6) is 0 Å². The van der Waals surface area contributed by atoms with Gasteiger partial charge in [0, 0.05) is 31.1 Å². The van der Waals surface area contributed by atoms with Crippen molar-refractivity contribution in [3.8, 4) is 0 Å². The third-order valence-corrected chi connectivity index (χ3v) is 4.81. The number of carbonyl (C=O) groups is 1. The number of amides is 1. The van der Waals surface area contributed by atoms with Crippen molar-refractivity contribution in [1.82, 2.24) is 29.9 Å². The van der Waals surface area contributed by atoms with E-state index in [1.807, 2.05) is 31.6 Å². The zero-order chi connectivity index (χ0) is 17.6. The van der Waals surface area contributed by atoms with E-state index >= 15 is 0 Å². The number of carbonyl (C=O) groups excluding carboxylic acids is 1. The summed E-state index contributed by atoms with van der Waals surface area (Å²) in [5.74, 6) is -0.164. The molecule has 0 aromatic carbocycles. The predicted octanol–water partition coefficient (Wildman–Crippen LogP) is 1.34. The Hall–Kier alpha value is -2.74. The number of nitrogens with zero attached hydrogens (tertiary/aromatic N) is 5. The number of nitrogens with one attached hydrogen (secondary N) is 1. The van der Waals surface area contributed by atoms with E-state index in [1.54, 1.807) is 18.5 Å². The first-order valence-electron chi connectivity index (χ1n) is 8.28. The lowest BCUT2D eigenvalue weighted by Crippen LogP contribution is -2.37. The molecule has 0 saturated carbocycles. The molecule has 1 aliphatic rings. The summed E-state index contributed by atoms with van der Waals surface area (Å²) in [7, 11) is 1.92. The van der Waals surface area contributed by atoms with E-state index in [2.05, 4.69) is 20.6 Å². The maximum absolute atomic E-state index is 12.8. The minimum absolute atomic E-state index is 0.0966. The Bertz CT molecular complexity index is 944. The van der Waals surface area contributed by atoms with Gasteiger partial charge in [0.2, 0.25) is 0 Å². The minimum atomic E-state index is -0.183. The van der Waals surface area contributed by atoms with Gasteiger partial charge in [-0.3, -0.25) is 9.48 Å². The normalized spacial score (nSPS) is 20.3. The van der Waals surface area contributed by atoms with E-state index in [1.165, 1.54) is 4.63 Å². The molecule has 25 heavy (non-hydrogen) atoms. The molecule has 1 amide bonds. The van der Waals surface area contributed by atoms with Crippen molar-refractivity contribution in [2.75, 3.05) is 6.61 Å². The lowest BCUT2D eigenvalue weighted by atomic mass is 10.00. The summed E-state index contributed by atoms with van der Waals surface area (Å²) in [6, 6.07) is 3.52. The molecule has 0 unspecified atom stereocenters. The lowest BCUT2D eigenvalue weighted by Gasteiger charge is -2.20. The van der Waals surface area contributed by atoms with Crippen molar-refractivity contribution < 1.29 is 9.53 Å². The van der Waals surface area contributed by atoms with E-state index in [-0.39, 0.29) is 18.1 Å². The van der Waals surface area contributed by atoms with E-state index in [4.69, 9.17) is 4.74 Å². The molecule has 0 spiro atoms. The quantitative estimate of drug-likeness (QED) is 0.777. The molecule has 2 atom stereocenters.